The van der Waals surface area contributed by atoms with Gasteiger partial charge in [-0.25, -0.2) is 0 Å². The number of hydrogen-bond acceptors (Lipinski definition) is 3. The Morgan fingerprint density at radius 1 is 1.58 bits per heavy atom. The van der Waals surface area contributed by atoms with E-state index in [0.717, 1.165) is 25.8 Å². The van der Waals surface area contributed by atoms with Crippen LogP contribution in [0, 0.1) is 5.92 Å². The van der Waals surface area contributed by atoms with Gasteiger partial charge in [0.1, 0.15) is 6.29 Å². The maximum atomic E-state index is 11.6. The van der Waals surface area contributed by atoms with Crippen LogP contribution in [0.25, 0.3) is 0 Å². The third kappa shape index (κ3) is 1.76. The lowest BCUT2D eigenvalue weighted by atomic mass is 9.79. The molecule has 3 rings (SSSR count). The zero-order valence-corrected chi connectivity index (χ0v) is 11.7. The molecule has 1 heterocycles. The van der Waals surface area contributed by atoms with E-state index in [1.807, 2.05) is 12.1 Å². The number of halogens is 1. The molecule has 0 radical (unpaired) electrons. The van der Waals surface area contributed by atoms with Crippen molar-refractivity contribution in [1.29, 1.82) is 0 Å². The Bertz CT molecular complexity index is 519. The van der Waals surface area contributed by atoms with E-state index in [1.54, 1.807) is 0 Å². The van der Waals surface area contributed by atoms with E-state index < -0.39 is 0 Å². The molecule has 102 valence electrons. The Balaban J connectivity index is 2.13. The Morgan fingerprint density at radius 3 is 2.95 bits per heavy atom. The van der Waals surface area contributed by atoms with Gasteiger partial charge in [0.05, 0.1) is 6.04 Å². The molecule has 0 aromatic heterocycles. The number of rotatable bonds is 3. The van der Waals surface area contributed by atoms with Gasteiger partial charge in [-0.05, 0) is 42.1 Å². The van der Waals surface area contributed by atoms with Crippen LogP contribution in [0.3, 0.4) is 0 Å². The average molecular weight is 280 g/mol. The van der Waals surface area contributed by atoms with Crippen LogP contribution in [-0.2, 0) is 16.8 Å². The SMILES string of the molecule is CCN1Cc2ccc(Cl)cc2C2(CC2CO)C1C=O. The number of aliphatic hydroxyl groups is 1. The first-order valence-corrected chi connectivity index (χ1v) is 7.14. The van der Waals surface area contributed by atoms with Gasteiger partial charge in [-0.1, -0.05) is 24.6 Å². The summed E-state index contributed by atoms with van der Waals surface area (Å²) in [5.74, 6) is 0.175. The van der Waals surface area contributed by atoms with Crippen LogP contribution < -0.4 is 0 Å². The van der Waals surface area contributed by atoms with E-state index in [0.29, 0.717) is 5.02 Å². The molecular weight excluding hydrogens is 262 g/mol. The number of fused-ring (bicyclic) bond motifs is 2. The first-order valence-electron chi connectivity index (χ1n) is 6.76. The standard InChI is InChI=1S/C15H18ClNO2/c1-2-17-7-10-3-4-12(16)5-13(10)15(14(17)9-19)6-11(15)8-18/h3-5,9,11,14,18H,2,6-8H2,1H3. The first-order chi connectivity index (χ1) is 9.17. The van der Waals surface area contributed by atoms with Crippen molar-refractivity contribution in [1.82, 2.24) is 4.90 Å². The van der Waals surface area contributed by atoms with Crippen molar-refractivity contribution in [2.45, 2.75) is 31.3 Å². The van der Waals surface area contributed by atoms with Crippen LogP contribution >= 0.6 is 11.6 Å². The third-order valence-corrected chi connectivity index (χ3v) is 5.01. The number of aldehydes is 1. The second-order valence-corrected chi connectivity index (χ2v) is 6.01. The second-order valence-electron chi connectivity index (χ2n) is 5.57. The maximum Gasteiger partial charge on any atom is 0.138 e. The van der Waals surface area contributed by atoms with Crippen LogP contribution in [0.4, 0.5) is 0 Å². The predicted octanol–water partition coefficient (Wildman–Crippen LogP) is 1.99. The highest BCUT2D eigenvalue weighted by Crippen LogP contribution is 2.60. The van der Waals surface area contributed by atoms with Gasteiger partial charge in [0.2, 0.25) is 0 Å². The highest BCUT2D eigenvalue weighted by atomic mass is 35.5. The lowest BCUT2D eigenvalue weighted by molar-refractivity contribution is -0.114. The quantitative estimate of drug-likeness (QED) is 0.861. The minimum Gasteiger partial charge on any atom is -0.396 e. The number of likely N-dealkylation sites (N-methyl/N-ethyl adjacent to an activating group) is 1. The third-order valence-electron chi connectivity index (χ3n) is 4.78. The van der Waals surface area contributed by atoms with Gasteiger partial charge in [0.25, 0.3) is 0 Å². The fourth-order valence-corrected chi connectivity index (χ4v) is 3.88. The summed E-state index contributed by atoms with van der Waals surface area (Å²) >= 11 is 6.12. The van der Waals surface area contributed by atoms with E-state index in [9.17, 15) is 9.90 Å². The molecule has 1 aromatic carbocycles. The van der Waals surface area contributed by atoms with E-state index >= 15 is 0 Å². The van der Waals surface area contributed by atoms with Gasteiger partial charge in [0, 0.05) is 23.6 Å². The minimum absolute atomic E-state index is 0.133. The van der Waals surface area contributed by atoms with Crippen LogP contribution in [0.1, 0.15) is 24.5 Å². The largest absolute Gasteiger partial charge is 0.396 e. The summed E-state index contributed by atoms with van der Waals surface area (Å²) in [4.78, 5) is 13.8. The van der Waals surface area contributed by atoms with Crippen LogP contribution in [0.15, 0.2) is 18.2 Å². The summed E-state index contributed by atoms with van der Waals surface area (Å²) in [5.41, 5.74) is 2.19. The molecule has 1 spiro atoms. The summed E-state index contributed by atoms with van der Waals surface area (Å²) in [6.45, 7) is 3.83. The Kier molecular flexibility index (Phi) is 3.16. The minimum atomic E-state index is -0.217. The number of benzene rings is 1. The highest BCUT2D eigenvalue weighted by Gasteiger charge is 2.63. The second kappa shape index (κ2) is 4.58. The number of hydrogen-bond donors (Lipinski definition) is 1. The van der Waals surface area contributed by atoms with Crippen LogP contribution in [-0.4, -0.2) is 35.5 Å². The molecule has 0 bridgehead atoms. The van der Waals surface area contributed by atoms with Gasteiger partial charge < -0.3 is 9.90 Å². The van der Waals surface area contributed by atoms with Crippen molar-refractivity contribution >= 4 is 17.9 Å². The summed E-state index contributed by atoms with van der Waals surface area (Å²) in [6.07, 6.45) is 1.92. The molecule has 1 aliphatic heterocycles. The zero-order valence-electron chi connectivity index (χ0n) is 11.0. The topological polar surface area (TPSA) is 40.5 Å². The fraction of sp³-hybridized carbons (Fsp3) is 0.533. The summed E-state index contributed by atoms with van der Waals surface area (Å²) in [7, 11) is 0. The molecule has 1 fully saturated rings. The maximum absolute atomic E-state index is 11.6. The molecule has 3 atom stereocenters. The van der Waals surface area contributed by atoms with E-state index in [4.69, 9.17) is 11.6 Å². The molecular formula is C15H18ClNO2. The van der Waals surface area contributed by atoms with Crippen LogP contribution in [0.5, 0.6) is 0 Å². The number of carbonyl (C=O) groups is 1. The molecule has 1 aromatic rings. The molecule has 19 heavy (non-hydrogen) atoms. The van der Waals surface area contributed by atoms with Crippen molar-refractivity contribution < 1.29 is 9.90 Å². The number of carbonyl (C=O) groups excluding carboxylic acids is 1. The molecule has 1 saturated carbocycles. The van der Waals surface area contributed by atoms with Crippen molar-refractivity contribution in [3.63, 3.8) is 0 Å². The van der Waals surface area contributed by atoms with Gasteiger partial charge in [-0.2, -0.15) is 0 Å². The fourth-order valence-electron chi connectivity index (χ4n) is 3.71. The molecule has 1 aliphatic carbocycles. The van der Waals surface area contributed by atoms with Crippen molar-refractivity contribution in [3.05, 3.63) is 34.3 Å². The van der Waals surface area contributed by atoms with Crippen molar-refractivity contribution in [2.24, 2.45) is 5.92 Å². The smallest absolute Gasteiger partial charge is 0.138 e. The van der Waals surface area contributed by atoms with Gasteiger partial charge in [-0.3, -0.25) is 4.90 Å². The molecule has 4 heteroatoms. The van der Waals surface area contributed by atoms with Gasteiger partial charge in [-0.15, -0.1) is 0 Å². The van der Waals surface area contributed by atoms with Crippen LogP contribution in [0.2, 0.25) is 5.02 Å². The highest BCUT2D eigenvalue weighted by molar-refractivity contribution is 6.30. The predicted molar refractivity (Wildman–Crippen MR) is 74.3 cm³/mol. The molecule has 3 nitrogen and oxygen atoms in total. The Hall–Kier alpha value is -0.900. The monoisotopic (exact) mass is 279 g/mol. The van der Waals surface area contributed by atoms with Crippen molar-refractivity contribution in [2.75, 3.05) is 13.2 Å². The Labute approximate surface area is 118 Å². The zero-order chi connectivity index (χ0) is 13.6. The van der Waals surface area contributed by atoms with Gasteiger partial charge >= 0.3 is 0 Å². The number of aliphatic hydroxyl groups excluding tert-OH is 1. The number of nitrogens with zero attached hydrogens (tertiary/aromatic N) is 1. The average Bonchev–Trinajstić information content (AvgIpc) is 3.14. The van der Waals surface area contributed by atoms with E-state index in [2.05, 4.69) is 17.9 Å². The van der Waals surface area contributed by atoms with Gasteiger partial charge in [0.15, 0.2) is 0 Å². The van der Waals surface area contributed by atoms with E-state index in [-0.39, 0.29) is 24.0 Å². The Morgan fingerprint density at radius 2 is 2.37 bits per heavy atom. The summed E-state index contributed by atoms with van der Waals surface area (Å²) in [6, 6.07) is 5.80. The summed E-state index contributed by atoms with van der Waals surface area (Å²) in [5, 5.41) is 10.2. The molecule has 3 unspecified atom stereocenters. The molecule has 0 amide bonds. The molecule has 1 N–H and O–H groups in total. The van der Waals surface area contributed by atoms with Crippen molar-refractivity contribution in [3.8, 4) is 0 Å². The molecule has 0 saturated heterocycles. The normalized spacial score (nSPS) is 33.2. The summed E-state index contributed by atoms with van der Waals surface area (Å²) < 4.78 is 0. The molecule has 2 aliphatic rings. The lowest BCUT2D eigenvalue weighted by Crippen LogP contribution is -2.49. The van der Waals surface area contributed by atoms with E-state index in [1.165, 1.54) is 11.1 Å². The first kappa shape index (κ1) is 13.1. The lowest BCUT2D eigenvalue weighted by Gasteiger charge is -2.40.